The molecule has 0 aliphatic rings. The molecule has 0 spiro atoms. The number of nitrogen functional groups attached to an aromatic ring is 2. The molecule has 4 N–H and O–H groups in total. The van der Waals surface area contributed by atoms with Crippen molar-refractivity contribution in [1.82, 2.24) is 9.97 Å². The molecule has 4 heteroatoms. The van der Waals surface area contributed by atoms with Gasteiger partial charge >= 0.3 is 0 Å². The summed E-state index contributed by atoms with van der Waals surface area (Å²) in [4.78, 5) is 7.96. The second kappa shape index (κ2) is 3.57. The van der Waals surface area contributed by atoms with E-state index in [4.69, 9.17) is 11.5 Å². The third-order valence-electron chi connectivity index (χ3n) is 2.08. The van der Waals surface area contributed by atoms with Gasteiger partial charge in [0.25, 0.3) is 0 Å². The molecule has 0 saturated heterocycles. The predicted molar refractivity (Wildman–Crippen MR) is 61.0 cm³/mol. The monoisotopic (exact) mass is 200 g/mol. The molecule has 0 fully saturated rings. The summed E-state index contributed by atoms with van der Waals surface area (Å²) in [6, 6.07) is 9.71. The molecule has 15 heavy (non-hydrogen) atoms. The van der Waals surface area contributed by atoms with Crippen molar-refractivity contribution in [2.45, 2.75) is 6.92 Å². The zero-order valence-electron chi connectivity index (χ0n) is 8.44. The molecular weight excluding hydrogens is 188 g/mol. The minimum atomic E-state index is 0.200. The molecule has 0 atom stereocenters. The predicted octanol–water partition coefficient (Wildman–Crippen LogP) is 1.62. The van der Waals surface area contributed by atoms with E-state index in [2.05, 4.69) is 9.97 Å². The number of anilines is 2. The van der Waals surface area contributed by atoms with Crippen molar-refractivity contribution in [1.29, 1.82) is 0 Å². The largest absolute Gasteiger partial charge is 0.384 e. The Bertz CT molecular complexity index is 473. The Kier molecular flexibility index (Phi) is 2.25. The van der Waals surface area contributed by atoms with Crippen molar-refractivity contribution in [3.05, 3.63) is 35.9 Å². The number of rotatable bonds is 1. The average Bonchev–Trinajstić information content (AvgIpc) is 2.16. The molecule has 1 heterocycles. The van der Waals surface area contributed by atoms with Crippen LogP contribution in [-0.2, 0) is 0 Å². The highest BCUT2D eigenvalue weighted by Crippen LogP contribution is 2.20. The van der Waals surface area contributed by atoms with Gasteiger partial charge in [-0.2, -0.15) is 4.98 Å². The summed E-state index contributed by atoms with van der Waals surface area (Å²) in [5.41, 5.74) is 14.1. The second-order valence-corrected chi connectivity index (χ2v) is 3.41. The van der Waals surface area contributed by atoms with Crippen LogP contribution in [0.4, 0.5) is 11.8 Å². The van der Waals surface area contributed by atoms with Crippen LogP contribution < -0.4 is 11.5 Å². The van der Waals surface area contributed by atoms with Crippen LogP contribution in [0.15, 0.2) is 30.3 Å². The van der Waals surface area contributed by atoms with E-state index in [1.807, 2.05) is 31.2 Å². The second-order valence-electron chi connectivity index (χ2n) is 3.41. The summed E-state index contributed by atoms with van der Waals surface area (Å²) in [5, 5.41) is 0. The minimum absolute atomic E-state index is 0.200. The zero-order chi connectivity index (χ0) is 10.8. The van der Waals surface area contributed by atoms with E-state index in [-0.39, 0.29) is 5.95 Å². The van der Waals surface area contributed by atoms with Crippen LogP contribution in [0.1, 0.15) is 5.56 Å². The highest BCUT2D eigenvalue weighted by atomic mass is 15.0. The van der Waals surface area contributed by atoms with Crippen molar-refractivity contribution in [2.24, 2.45) is 0 Å². The Morgan fingerprint density at radius 1 is 1.07 bits per heavy atom. The molecule has 1 aromatic heterocycles. The molecular formula is C11H12N4. The molecule has 0 unspecified atom stereocenters. The van der Waals surface area contributed by atoms with Crippen molar-refractivity contribution in [2.75, 3.05) is 11.5 Å². The Hall–Kier alpha value is -2.10. The van der Waals surface area contributed by atoms with Crippen molar-refractivity contribution in [3.8, 4) is 11.3 Å². The van der Waals surface area contributed by atoms with E-state index in [0.29, 0.717) is 5.82 Å². The highest BCUT2D eigenvalue weighted by Gasteiger charge is 2.02. The van der Waals surface area contributed by atoms with E-state index in [1.54, 1.807) is 6.07 Å². The molecule has 0 aliphatic heterocycles. The molecule has 2 aromatic rings. The minimum Gasteiger partial charge on any atom is -0.384 e. The van der Waals surface area contributed by atoms with Crippen LogP contribution in [0.2, 0.25) is 0 Å². The van der Waals surface area contributed by atoms with Crippen molar-refractivity contribution >= 4 is 11.8 Å². The lowest BCUT2D eigenvalue weighted by atomic mass is 10.1. The number of nitrogens with zero attached hydrogens (tertiary/aromatic N) is 2. The number of hydrogen-bond donors (Lipinski definition) is 2. The van der Waals surface area contributed by atoms with Gasteiger partial charge in [-0.05, 0) is 13.0 Å². The third-order valence-corrected chi connectivity index (χ3v) is 2.08. The van der Waals surface area contributed by atoms with Gasteiger partial charge in [0, 0.05) is 11.6 Å². The van der Waals surface area contributed by atoms with Crippen LogP contribution >= 0.6 is 0 Å². The first-order chi connectivity index (χ1) is 7.15. The van der Waals surface area contributed by atoms with Crippen LogP contribution in [-0.4, -0.2) is 9.97 Å². The number of hydrogen-bond acceptors (Lipinski definition) is 4. The number of nitrogens with two attached hydrogens (primary N) is 2. The van der Waals surface area contributed by atoms with Crippen LogP contribution in [0.25, 0.3) is 11.3 Å². The zero-order valence-corrected chi connectivity index (χ0v) is 8.44. The topological polar surface area (TPSA) is 77.8 Å². The summed E-state index contributed by atoms with van der Waals surface area (Å²) in [7, 11) is 0. The molecule has 1 aromatic carbocycles. The average molecular weight is 200 g/mol. The van der Waals surface area contributed by atoms with Crippen molar-refractivity contribution in [3.63, 3.8) is 0 Å². The van der Waals surface area contributed by atoms with Crippen LogP contribution in [0.3, 0.4) is 0 Å². The first-order valence-electron chi connectivity index (χ1n) is 4.62. The van der Waals surface area contributed by atoms with Gasteiger partial charge in [0.1, 0.15) is 5.82 Å². The van der Waals surface area contributed by atoms with E-state index in [1.165, 1.54) is 5.56 Å². The first-order valence-corrected chi connectivity index (χ1v) is 4.62. The van der Waals surface area contributed by atoms with E-state index >= 15 is 0 Å². The highest BCUT2D eigenvalue weighted by molar-refractivity contribution is 5.63. The fraction of sp³-hybridized carbons (Fsp3) is 0.0909. The lowest BCUT2D eigenvalue weighted by Crippen LogP contribution is -2.00. The summed E-state index contributed by atoms with van der Waals surface area (Å²) in [5.74, 6) is 0.588. The van der Waals surface area contributed by atoms with Gasteiger partial charge in [-0.25, -0.2) is 4.98 Å². The molecule has 0 amide bonds. The standard InChI is InChI=1S/C11H12N4/c1-7-3-2-4-8(5-7)9-6-10(12)15-11(13)14-9/h2-6H,1H3,(H4,12,13,14,15). The molecule has 0 saturated carbocycles. The maximum atomic E-state index is 5.60. The molecule has 0 aliphatic carbocycles. The van der Waals surface area contributed by atoms with Gasteiger partial charge in [0.15, 0.2) is 0 Å². The van der Waals surface area contributed by atoms with Gasteiger partial charge in [-0.3, -0.25) is 0 Å². The summed E-state index contributed by atoms with van der Waals surface area (Å²) < 4.78 is 0. The van der Waals surface area contributed by atoms with E-state index < -0.39 is 0 Å². The maximum absolute atomic E-state index is 5.60. The lowest BCUT2D eigenvalue weighted by molar-refractivity contribution is 1.20. The number of aromatic nitrogens is 2. The smallest absolute Gasteiger partial charge is 0.222 e. The molecule has 2 rings (SSSR count). The molecule has 76 valence electrons. The summed E-state index contributed by atoms with van der Waals surface area (Å²) in [6.45, 7) is 2.03. The Balaban J connectivity index is 2.54. The summed E-state index contributed by atoms with van der Waals surface area (Å²) in [6.07, 6.45) is 0. The molecule has 4 nitrogen and oxygen atoms in total. The number of aryl methyl sites for hydroxylation is 1. The van der Waals surface area contributed by atoms with Gasteiger partial charge in [-0.1, -0.05) is 23.8 Å². The Morgan fingerprint density at radius 2 is 1.87 bits per heavy atom. The Morgan fingerprint density at radius 3 is 2.53 bits per heavy atom. The van der Waals surface area contributed by atoms with Gasteiger partial charge in [0.05, 0.1) is 5.69 Å². The van der Waals surface area contributed by atoms with Crippen LogP contribution in [0.5, 0.6) is 0 Å². The fourth-order valence-electron chi connectivity index (χ4n) is 1.44. The number of benzene rings is 1. The quantitative estimate of drug-likeness (QED) is 0.733. The maximum Gasteiger partial charge on any atom is 0.222 e. The first kappa shape index (κ1) is 9.45. The van der Waals surface area contributed by atoms with Gasteiger partial charge in [0.2, 0.25) is 5.95 Å². The lowest BCUT2D eigenvalue weighted by Gasteiger charge is -2.03. The SMILES string of the molecule is Cc1cccc(-c2cc(N)nc(N)n2)c1. The molecule has 0 bridgehead atoms. The van der Waals surface area contributed by atoms with Gasteiger partial charge in [-0.15, -0.1) is 0 Å². The fourth-order valence-corrected chi connectivity index (χ4v) is 1.44. The molecule has 0 radical (unpaired) electrons. The Labute approximate surface area is 88.0 Å². The van der Waals surface area contributed by atoms with Gasteiger partial charge < -0.3 is 11.5 Å². The van der Waals surface area contributed by atoms with Crippen molar-refractivity contribution < 1.29 is 0 Å². The van der Waals surface area contributed by atoms with E-state index in [9.17, 15) is 0 Å². The normalized spacial score (nSPS) is 10.2. The summed E-state index contributed by atoms with van der Waals surface area (Å²) >= 11 is 0. The van der Waals surface area contributed by atoms with E-state index in [0.717, 1.165) is 11.3 Å². The third kappa shape index (κ3) is 2.04. The van der Waals surface area contributed by atoms with Crippen LogP contribution in [0, 0.1) is 6.92 Å².